The fourth-order valence-electron chi connectivity index (χ4n) is 2.32. The maximum atomic E-state index is 11.7. The molecule has 0 bridgehead atoms. The zero-order chi connectivity index (χ0) is 20.0. The summed E-state index contributed by atoms with van der Waals surface area (Å²) < 4.78 is -0.358. The van der Waals surface area contributed by atoms with Crippen LogP contribution < -0.4 is 5.32 Å². The van der Waals surface area contributed by atoms with Crippen LogP contribution in [0.1, 0.15) is 16.7 Å². The second-order valence-corrected chi connectivity index (χ2v) is 8.04. The Labute approximate surface area is 177 Å². The molecule has 0 unspecified atom stereocenters. The standard InChI is InChI=1S/C19H17Cl3N2O2S/c1-12-8-9-15(13(2)10-12)23-19(17(24(25)26)16(20)18(21)22)27-11-14-6-4-3-5-7-14/h3-10,23H,11H2,1-2H3. The molecule has 0 radical (unpaired) electrons. The van der Waals surface area contributed by atoms with Crippen molar-refractivity contribution < 1.29 is 4.92 Å². The van der Waals surface area contributed by atoms with E-state index in [9.17, 15) is 10.1 Å². The van der Waals surface area contributed by atoms with E-state index in [-0.39, 0.29) is 20.2 Å². The van der Waals surface area contributed by atoms with Crippen molar-refractivity contribution in [2.45, 2.75) is 19.6 Å². The van der Waals surface area contributed by atoms with E-state index in [1.165, 1.54) is 11.8 Å². The van der Waals surface area contributed by atoms with E-state index in [2.05, 4.69) is 5.32 Å². The van der Waals surface area contributed by atoms with Crippen LogP contribution in [-0.2, 0) is 5.75 Å². The number of allylic oxidation sites excluding steroid dienone is 1. The molecule has 0 saturated heterocycles. The first-order valence-electron chi connectivity index (χ1n) is 7.90. The van der Waals surface area contributed by atoms with Gasteiger partial charge in [0.25, 0.3) is 0 Å². The van der Waals surface area contributed by atoms with E-state index in [1.54, 1.807) is 0 Å². The quantitative estimate of drug-likeness (QED) is 0.285. The molecule has 0 aliphatic rings. The largest absolute Gasteiger partial charge is 0.344 e. The van der Waals surface area contributed by atoms with Gasteiger partial charge >= 0.3 is 5.70 Å². The van der Waals surface area contributed by atoms with Crippen molar-refractivity contribution in [3.05, 3.63) is 95.6 Å². The lowest BCUT2D eigenvalue weighted by Gasteiger charge is -2.14. The average Bonchev–Trinajstić information content (AvgIpc) is 2.62. The molecule has 0 atom stereocenters. The minimum atomic E-state index is -0.586. The molecule has 4 nitrogen and oxygen atoms in total. The van der Waals surface area contributed by atoms with Crippen LogP contribution in [0.2, 0.25) is 0 Å². The van der Waals surface area contributed by atoms with E-state index in [0.29, 0.717) is 5.75 Å². The van der Waals surface area contributed by atoms with Crippen LogP contribution in [0.3, 0.4) is 0 Å². The first kappa shape index (κ1) is 21.6. The minimum Gasteiger partial charge on any atom is -0.344 e. The average molecular weight is 444 g/mol. The lowest BCUT2D eigenvalue weighted by Crippen LogP contribution is -2.10. The second kappa shape index (κ2) is 10.0. The van der Waals surface area contributed by atoms with Crippen molar-refractivity contribution in [3.63, 3.8) is 0 Å². The number of aryl methyl sites for hydroxylation is 2. The SMILES string of the molecule is Cc1ccc(NC(SCc2ccccc2)=C(C(Cl)=C(Cl)Cl)[N+](=O)[O-])c(C)c1. The summed E-state index contributed by atoms with van der Waals surface area (Å²) in [6, 6.07) is 15.4. The van der Waals surface area contributed by atoms with Gasteiger partial charge in [0.05, 0.1) is 4.92 Å². The molecule has 27 heavy (non-hydrogen) atoms. The molecule has 2 rings (SSSR count). The Bertz CT molecular complexity index is 895. The van der Waals surface area contributed by atoms with Gasteiger partial charge in [-0.1, -0.05) is 94.6 Å². The highest BCUT2D eigenvalue weighted by molar-refractivity contribution is 8.02. The summed E-state index contributed by atoms with van der Waals surface area (Å²) in [7, 11) is 0. The molecular weight excluding hydrogens is 427 g/mol. The smallest absolute Gasteiger partial charge is 0.320 e. The molecule has 142 valence electrons. The Kier molecular flexibility index (Phi) is 8.05. The van der Waals surface area contributed by atoms with Crippen LogP contribution in [0, 0.1) is 24.0 Å². The van der Waals surface area contributed by atoms with Gasteiger partial charge in [-0.15, -0.1) is 0 Å². The topological polar surface area (TPSA) is 55.2 Å². The van der Waals surface area contributed by atoms with Gasteiger partial charge in [-0.2, -0.15) is 0 Å². The number of nitrogens with one attached hydrogen (secondary N) is 1. The molecule has 8 heteroatoms. The lowest BCUT2D eigenvalue weighted by atomic mass is 10.1. The summed E-state index contributed by atoms with van der Waals surface area (Å²) in [5.74, 6) is 0.509. The van der Waals surface area contributed by atoms with Crippen LogP contribution in [-0.4, -0.2) is 4.92 Å². The summed E-state index contributed by atoms with van der Waals surface area (Å²) in [5, 5.41) is 14.8. The molecule has 0 amide bonds. The lowest BCUT2D eigenvalue weighted by molar-refractivity contribution is -0.420. The zero-order valence-electron chi connectivity index (χ0n) is 14.6. The molecule has 0 aliphatic heterocycles. The van der Waals surface area contributed by atoms with Crippen molar-refractivity contribution in [1.29, 1.82) is 0 Å². The molecule has 0 spiro atoms. The summed E-state index contributed by atoms with van der Waals surface area (Å²) in [6.07, 6.45) is 0. The number of halogens is 3. The number of nitrogens with zero attached hydrogens (tertiary/aromatic N) is 1. The van der Waals surface area contributed by atoms with Crippen molar-refractivity contribution in [3.8, 4) is 0 Å². The third-order valence-corrected chi connectivity index (χ3v) is 5.63. The first-order valence-corrected chi connectivity index (χ1v) is 10.0. The van der Waals surface area contributed by atoms with Gasteiger partial charge < -0.3 is 5.32 Å². The van der Waals surface area contributed by atoms with E-state index in [4.69, 9.17) is 34.8 Å². The Morgan fingerprint density at radius 2 is 1.78 bits per heavy atom. The van der Waals surface area contributed by atoms with Gasteiger partial charge in [0.2, 0.25) is 0 Å². The molecule has 2 aromatic carbocycles. The van der Waals surface area contributed by atoms with Crippen molar-refractivity contribution in [2.75, 3.05) is 5.32 Å². The van der Waals surface area contributed by atoms with E-state index >= 15 is 0 Å². The number of anilines is 1. The van der Waals surface area contributed by atoms with Crippen molar-refractivity contribution in [2.24, 2.45) is 0 Å². The first-order chi connectivity index (χ1) is 12.8. The number of nitro groups is 1. The summed E-state index contributed by atoms with van der Waals surface area (Å²) >= 11 is 18.7. The minimum absolute atomic E-state index is 0.264. The van der Waals surface area contributed by atoms with Crippen molar-refractivity contribution in [1.82, 2.24) is 0 Å². The molecule has 2 aromatic rings. The van der Waals surface area contributed by atoms with Gasteiger partial charge in [0.15, 0.2) is 10.1 Å². The molecule has 1 N–H and O–H groups in total. The fourth-order valence-corrected chi connectivity index (χ4v) is 3.72. The molecule has 0 fully saturated rings. The Morgan fingerprint density at radius 3 is 2.33 bits per heavy atom. The number of rotatable bonds is 7. The Hall–Kier alpha value is -1.66. The monoisotopic (exact) mass is 442 g/mol. The Balaban J connectivity index is 2.47. The predicted octanol–water partition coefficient (Wildman–Crippen LogP) is 6.98. The molecular formula is C19H17Cl3N2O2S. The van der Waals surface area contributed by atoms with Crippen LogP contribution >= 0.6 is 46.6 Å². The van der Waals surface area contributed by atoms with Gasteiger partial charge in [-0.3, -0.25) is 10.1 Å². The van der Waals surface area contributed by atoms with E-state index in [1.807, 2.05) is 62.4 Å². The molecule has 0 heterocycles. The summed E-state index contributed by atoms with van der Waals surface area (Å²) in [6.45, 7) is 3.90. The Morgan fingerprint density at radius 1 is 1.11 bits per heavy atom. The van der Waals surface area contributed by atoms with E-state index in [0.717, 1.165) is 22.4 Å². The van der Waals surface area contributed by atoms with Gasteiger partial charge in [-0.05, 0) is 31.0 Å². The third kappa shape index (κ3) is 6.18. The molecule has 0 saturated carbocycles. The maximum absolute atomic E-state index is 11.7. The fraction of sp³-hybridized carbons (Fsp3) is 0.158. The van der Waals surface area contributed by atoms with E-state index < -0.39 is 4.92 Å². The summed E-state index contributed by atoms with van der Waals surface area (Å²) in [4.78, 5) is 11.1. The van der Waals surface area contributed by atoms with Crippen LogP contribution in [0.15, 0.2) is 68.8 Å². The number of hydrogen-bond donors (Lipinski definition) is 1. The normalized spacial score (nSPS) is 11.6. The highest BCUT2D eigenvalue weighted by Gasteiger charge is 2.26. The van der Waals surface area contributed by atoms with Crippen LogP contribution in [0.4, 0.5) is 5.69 Å². The maximum Gasteiger partial charge on any atom is 0.320 e. The number of benzene rings is 2. The highest BCUT2D eigenvalue weighted by atomic mass is 35.5. The predicted molar refractivity (Wildman–Crippen MR) is 116 cm³/mol. The van der Waals surface area contributed by atoms with Crippen LogP contribution in [0.5, 0.6) is 0 Å². The van der Waals surface area contributed by atoms with Crippen molar-refractivity contribution >= 4 is 52.3 Å². The number of hydrogen-bond acceptors (Lipinski definition) is 4. The molecule has 0 aromatic heterocycles. The molecule has 0 aliphatic carbocycles. The summed E-state index contributed by atoms with van der Waals surface area (Å²) in [5.41, 5.74) is 3.44. The van der Waals surface area contributed by atoms with Gasteiger partial charge in [0, 0.05) is 11.4 Å². The highest BCUT2D eigenvalue weighted by Crippen LogP contribution is 2.34. The third-order valence-electron chi connectivity index (χ3n) is 3.63. The van der Waals surface area contributed by atoms with Gasteiger partial charge in [0.1, 0.15) is 4.49 Å². The van der Waals surface area contributed by atoms with Gasteiger partial charge in [-0.25, -0.2) is 0 Å². The number of thioether (sulfide) groups is 1. The van der Waals surface area contributed by atoms with Crippen LogP contribution in [0.25, 0.3) is 0 Å². The second-order valence-electron chi connectivity index (χ2n) is 5.73. The zero-order valence-corrected chi connectivity index (χ0v) is 17.7.